The molecule has 1 aromatic heterocycles. The van der Waals surface area contributed by atoms with E-state index in [9.17, 15) is 4.79 Å². The van der Waals surface area contributed by atoms with Gasteiger partial charge in [0.05, 0.1) is 5.52 Å². The number of nitriles is 1. The first-order chi connectivity index (χ1) is 8.60. The van der Waals surface area contributed by atoms with Crippen LogP contribution in [0.1, 0.15) is 6.92 Å². The summed E-state index contributed by atoms with van der Waals surface area (Å²) >= 11 is 5.92. The first-order valence-corrected chi connectivity index (χ1v) is 5.81. The number of aromatic nitrogens is 1. The quantitative estimate of drug-likeness (QED) is 0.799. The SMILES string of the molecule is C[C@H](C#N)OC(=O)Cn1ccc2ccc(Cl)cc21. The highest BCUT2D eigenvalue weighted by molar-refractivity contribution is 6.31. The normalized spacial score (nSPS) is 12.1. The minimum atomic E-state index is -0.733. The molecule has 4 nitrogen and oxygen atoms in total. The number of carbonyl (C=O) groups is 1. The Bertz CT molecular complexity index is 627. The van der Waals surface area contributed by atoms with Gasteiger partial charge in [0.15, 0.2) is 6.10 Å². The van der Waals surface area contributed by atoms with Crippen molar-refractivity contribution in [2.24, 2.45) is 0 Å². The maximum absolute atomic E-state index is 11.6. The van der Waals surface area contributed by atoms with Crippen molar-refractivity contribution in [2.45, 2.75) is 19.6 Å². The van der Waals surface area contributed by atoms with E-state index in [1.165, 1.54) is 6.92 Å². The van der Waals surface area contributed by atoms with E-state index in [1.807, 2.05) is 18.2 Å². The van der Waals surface area contributed by atoms with Crippen LogP contribution < -0.4 is 0 Å². The zero-order chi connectivity index (χ0) is 13.1. The Morgan fingerprint density at radius 2 is 2.33 bits per heavy atom. The highest BCUT2D eigenvalue weighted by Gasteiger charge is 2.10. The minimum absolute atomic E-state index is 0.0653. The molecular formula is C13H11ClN2O2. The van der Waals surface area contributed by atoms with E-state index in [1.54, 1.807) is 22.9 Å². The molecule has 0 saturated heterocycles. The van der Waals surface area contributed by atoms with Crippen LogP contribution in [0.25, 0.3) is 10.9 Å². The number of hydrogen-bond acceptors (Lipinski definition) is 3. The second-order valence-corrected chi connectivity index (χ2v) is 4.34. The van der Waals surface area contributed by atoms with E-state index in [-0.39, 0.29) is 6.54 Å². The fourth-order valence-electron chi connectivity index (χ4n) is 1.69. The summed E-state index contributed by atoms with van der Waals surface area (Å²) in [6.07, 6.45) is 1.06. The van der Waals surface area contributed by atoms with Gasteiger partial charge in [-0.15, -0.1) is 0 Å². The monoisotopic (exact) mass is 262 g/mol. The number of hydrogen-bond donors (Lipinski definition) is 0. The molecule has 2 rings (SSSR count). The van der Waals surface area contributed by atoms with Gasteiger partial charge in [-0.1, -0.05) is 17.7 Å². The van der Waals surface area contributed by atoms with Gasteiger partial charge in [0, 0.05) is 11.2 Å². The van der Waals surface area contributed by atoms with Crippen molar-refractivity contribution in [1.29, 1.82) is 5.26 Å². The molecule has 1 heterocycles. The molecule has 0 aliphatic carbocycles. The topological polar surface area (TPSA) is 55.0 Å². The molecule has 2 aromatic rings. The molecule has 0 saturated carbocycles. The van der Waals surface area contributed by atoms with Crippen molar-refractivity contribution in [3.8, 4) is 6.07 Å². The molecule has 0 N–H and O–H groups in total. The van der Waals surface area contributed by atoms with Crippen molar-refractivity contribution < 1.29 is 9.53 Å². The summed E-state index contributed by atoms with van der Waals surface area (Å²) < 4.78 is 6.64. The molecule has 0 bridgehead atoms. The third-order valence-corrected chi connectivity index (χ3v) is 2.76. The first kappa shape index (κ1) is 12.5. The molecule has 1 atom stereocenters. The third-order valence-electron chi connectivity index (χ3n) is 2.53. The smallest absolute Gasteiger partial charge is 0.327 e. The molecule has 0 fully saturated rings. The van der Waals surface area contributed by atoms with Crippen LogP contribution in [-0.2, 0) is 16.1 Å². The maximum atomic E-state index is 11.6. The molecular weight excluding hydrogens is 252 g/mol. The lowest BCUT2D eigenvalue weighted by atomic mass is 10.2. The number of rotatable bonds is 3. The van der Waals surface area contributed by atoms with Gasteiger partial charge in [-0.05, 0) is 30.5 Å². The summed E-state index contributed by atoms with van der Waals surface area (Å²) in [7, 11) is 0. The molecule has 0 unspecified atom stereocenters. The summed E-state index contributed by atoms with van der Waals surface area (Å²) in [5, 5.41) is 10.2. The number of fused-ring (bicyclic) bond motifs is 1. The van der Waals surface area contributed by atoms with Gasteiger partial charge in [-0.3, -0.25) is 4.79 Å². The molecule has 0 aliphatic heterocycles. The summed E-state index contributed by atoms with van der Waals surface area (Å²) in [5.41, 5.74) is 0.865. The van der Waals surface area contributed by atoms with Crippen LogP contribution in [0.5, 0.6) is 0 Å². The zero-order valence-electron chi connectivity index (χ0n) is 9.76. The third kappa shape index (κ3) is 2.63. The Balaban J connectivity index is 2.20. The number of nitrogens with zero attached hydrogens (tertiary/aromatic N) is 2. The number of halogens is 1. The lowest BCUT2D eigenvalue weighted by Crippen LogP contribution is -2.17. The molecule has 92 valence electrons. The highest BCUT2D eigenvalue weighted by Crippen LogP contribution is 2.20. The zero-order valence-corrected chi connectivity index (χ0v) is 10.5. The van der Waals surface area contributed by atoms with E-state index in [0.717, 1.165) is 10.9 Å². The minimum Gasteiger partial charge on any atom is -0.446 e. The number of benzene rings is 1. The second kappa shape index (κ2) is 5.11. The molecule has 0 spiro atoms. The van der Waals surface area contributed by atoms with Crippen LogP contribution in [0.4, 0.5) is 0 Å². The van der Waals surface area contributed by atoms with Crippen molar-refractivity contribution in [1.82, 2.24) is 4.57 Å². The Morgan fingerprint density at radius 1 is 1.56 bits per heavy atom. The molecule has 5 heteroatoms. The summed E-state index contributed by atoms with van der Waals surface area (Å²) in [5.74, 6) is -0.443. The van der Waals surface area contributed by atoms with Gasteiger partial charge in [-0.2, -0.15) is 5.26 Å². The van der Waals surface area contributed by atoms with E-state index in [0.29, 0.717) is 5.02 Å². The number of carbonyl (C=O) groups excluding carboxylic acids is 1. The van der Waals surface area contributed by atoms with E-state index in [2.05, 4.69) is 0 Å². The molecule has 0 radical (unpaired) electrons. The van der Waals surface area contributed by atoms with Gasteiger partial charge in [0.2, 0.25) is 0 Å². The van der Waals surface area contributed by atoms with Crippen molar-refractivity contribution in [2.75, 3.05) is 0 Å². The van der Waals surface area contributed by atoms with Gasteiger partial charge >= 0.3 is 5.97 Å². The molecule has 0 amide bonds. The van der Waals surface area contributed by atoms with Crippen LogP contribution >= 0.6 is 11.6 Å². The van der Waals surface area contributed by atoms with Crippen molar-refractivity contribution in [3.05, 3.63) is 35.5 Å². The standard InChI is InChI=1S/C13H11ClN2O2/c1-9(7-15)18-13(17)8-16-5-4-10-2-3-11(14)6-12(10)16/h2-6,9H,8H2,1H3/t9-/m1/s1. The molecule has 1 aromatic carbocycles. The molecule has 0 aliphatic rings. The average molecular weight is 263 g/mol. The Labute approximate surface area is 109 Å². The average Bonchev–Trinajstić information content (AvgIpc) is 2.71. The second-order valence-electron chi connectivity index (χ2n) is 3.91. The Hall–Kier alpha value is -1.99. The fraction of sp³-hybridized carbons (Fsp3) is 0.231. The Kier molecular flexibility index (Phi) is 3.54. The number of esters is 1. The van der Waals surface area contributed by atoms with Crippen LogP contribution in [0.15, 0.2) is 30.5 Å². The van der Waals surface area contributed by atoms with Crippen LogP contribution in [0.3, 0.4) is 0 Å². The van der Waals surface area contributed by atoms with Gasteiger partial charge in [0.1, 0.15) is 12.6 Å². The van der Waals surface area contributed by atoms with Crippen molar-refractivity contribution >= 4 is 28.5 Å². The summed E-state index contributed by atoms with van der Waals surface area (Å²) in [6, 6.07) is 9.22. The van der Waals surface area contributed by atoms with Crippen LogP contribution in [0, 0.1) is 11.3 Å². The molecule has 18 heavy (non-hydrogen) atoms. The lowest BCUT2D eigenvalue weighted by Gasteiger charge is -2.08. The predicted molar refractivity (Wildman–Crippen MR) is 68.1 cm³/mol. The van der Waals surface area contributed by atoms with Crippen molar-refractivity contribution in [3.63, 3.8) is 0 Å². The Morgan fingerprint density at radius 3 is 3.06 bits per heavy atom. The predicted octanol–water partition coefficient (Wildman–Crippen LogP) is 2.75. The van der Waals surface area contributed by atoms with E-state index >= 15 is 0 Å². The van der Waals surface area contributed by atoms with Gasteiger partial charge in [0.25, 0.3) is 0 Å². The summed E-state index contributed by atoms with van der Waals surface area (Å²) in [6.45, 7) is 1.60. The lowest BCUT2D eigenvalue weighted by molar-refractivity contribution is -0.146. The fourth-order valence-corrected chi connectivity index (χ4v) is 1.86. The first-order valence-electron chi connectivity index (χ1n) is 5.43. The van der Waals surface area contributed by atoms with E-state index < -0.39 is 12.1 Å². The summed E-state index contributed by atoms with van der Waals surface area (Å²) in [4.78, 5) is 11.6. The van der Waals surface area contributed by atoms with Gasteiger partial charge in [-0.25, -0.2) is 0 Å². The maximum Gasteiger partial charge on any atom is 0.327 e. The highest BCUT2D eigenvalue weighted by atomic mass is 35.5. The van der Waals surface area contributed by atoms with E-state index in [4.69, 9.17) is 21.6 Å². The van der Waals surface area contributed by atoms with Crippen LogP contribution in [-0.4, -0.2) is 16.6 Å². The van der Waals surface area contributed by atoms with Gasteiger partial charge < -0.3 is 9.30 Å². The van der Waals surface area contributed by atoms with Crippen LogP contribution in [0.2, 0.25) is 5.02 Å². The largest absolute Gasteiger partial charge is 0.446 e. The number of ether oxygens (including phenoxy) is 1.